The molecule has 1 aliphatic heterocycles. The number of hydrogen-bond acceptors (Lipinski definition) is 3. The van der Waals surface area contributed by atoms with Crippen LogP contribution in [0, 0.1) is 0 Å². The lowest BCUT2D eigenvalue weighted by atomic mass is 10.1. The van der Waals surface area contributed by atoms with Crippen molar-refractivity contribution in [2.45, 2.75) is 6.04 Å². The maximum absolute atomic E-state index is 9.44. The lowest BCUT2D eigenvalue weighted by Crippen LogP contribution is -2.12. The number of ether oxygens (including phenoxy) is 1. The SMILES string of the molecule is Oc1ccc2c(c1)OCC2Nc1c(Cl)cc(Br)cc1Cl. The highest BCUT2D eigenvalue weighted by Crippen LogP contribution is 2.40. The third-order valence-corrected chi connectivity index (χ3v) is 4.16. The number of rotatable bonds is 2. The smallest absolute Gasteiger partial charge is 0.128 e. The second-order valence-electron chi connectivity index (χ2n) is 4.47. The van der Waals surface area contributed by atoms with E-state index in [1.807, 2.05) is 6.07 Å². The molecule has 0 fully saturated rings. The molecule has 0 saturated carbocycles. The Kier molecular flexibility index (Phi) is 3.71. The van der Waals surface area contributed by atoms with E-state index in [0.29, 0.717) is 28.1 Å². The van der Waals surface area contributed by atoms with Gasteiger partial charge in [-0.15, -0.1) is 0 Å². The standard InChI is InChI=1S/C14H10BrCl2NO2/c15-7-3-10(16)14(11(17)4-7)18-12-6-20-13-5-8(19)1-2-9(12)13/h1-5,12,18-19H,6H2. The molecule has 3 nitrogen and oxygen atoms in total. The molecular weight excluding hydrogens is 365 g/mol. The van der Waals surface area contributed by atoms with Crippen LogP contribution in [0.1, 0.15) is 11.6 Å². The average molecular weight is 375 g/mol. The second kappa shape index (κ2) is 5.35. The van der Waals surface area contributed by atoms with Gasteiger partial charge < -0.3 is 15.2 Å². The van der Waals surface area contributed by atoms with Crippen LogP contribution < -0.4 is 10.1 Å². The normalized spacial score (nSPS) is 16.6. The zero-order valence-electron chi connectivity index (χ0n) is 10.2. The lowest BCUT2D eigenvalue weighted by molar-refractivity contribution is 0.338. The summed E-state index contributed by atoms with van der Waals surface area (Å²) in [5, 5.41) is 13.8. The van der Waals surface area contributed by atoms with Crippen molar-refractivity contribution in [1.82, 2.24) is 0 Å². The molecule has 0 radical (unpaired) electrons. The number of aromatic hydroxyl groups is 1. The summed E-state index contributed by atoms with van der Waals surface area (Å²) < 4.78 is 6.37. The summed E-state index contributed by atoms with van der Waals surface area (Å²) in [5.74, 6) is 0.857. The first-order valence-corrected chi connectivity index (χ1v) is 7.46. The van der Waals surface area contributed by atoms with Gasteiger partial charge in [0.15, 0.2) is 0 Å². The van der Waals surface area contributed by atoms with Crippen LogP contribution in [0.3, 0.4) is 0 Å². The lowest BCUT2D eigenvalue weighted by Gasteiger charge is -2.16. The minimum absolute atomic E-state index is 0.0539. The van der Waals surface area contributed by atoms with Crippen LogP contribution in [0.15, 0.2) is 34.8 Å². The zero-order valence-corrected chi connectivity index (χ0v) is 13.3. The average Bonchev–Trinajstić information content (AvgIpc) is 2.76. The van der Waals surface area contributed by atoms with Gasteiger partial charge in [0.25, 0.3) is 0 Å². The van der Waals surface area contributed by atoms with Gasteiger partial charge >= 0.3 is 0 Å². The molecule has 1 unspecified atom stereocenters. The summed E-state index contributed by atoms with van der Waals surface area (Å²) in [7, 11) is 0. The molecule has 104 valence electrons. The minimum Gasteiger partial charge on any atom is -0.508 e. The molecule has 2 N–H and O–H groups in total. The minimum atomic E-state index is -0.0539. The third-order valence-electron chi connectivity index (χ3n) is 3.10. The van der Waals surface area contributed by atoms with Gasteiger partial charge in [0.05, 0.1) is 21.8 Å². The molecule has 1 atom stereocenters. The first-order chi connectivity index (χ1) is 9.54. The Labute approximate surface area is 134 Å². The molecule has 0 bridgehead atoms. The van der Waals surface area contributed by atoms with Crippen molar-refractivity contribution in [2.75, 3.05) is 11.9 Å². The Hall–Kier alpha value is -1.10. The van der Waals surface area contributed by atoms with Crippen molar-refractivity contribution in [2.24, 2.45) is 0 Å². The van der Waals surface area contributed by atoms with Crippen molar-refractivity contribution in [3.05, 3.63) is 50.4 Å². The molecule has 20 heavy (non-hydrogen) atoms. The number of phenols is 1. The van der Waals surface area contributed by atoms with Crippen LogP contribution in [0.4, 0.5) is 5.69 Å². The van der Waals surface area contributed by atoms with E-state index in [-0.39, 0.29) is 11.8 Å². The van der Waals surface area contributed by atoms with Crippen molar-refractivity contribution in [3.63, 3.8) is 0 Å². The van der Waals surface area contributed by atoms with Crippen LogP contribution in [0.25, 0.3) is 0 Å². The molecule has 3 rings (SSSR count). The van der Waals surface area contributed by atoms with Crippen molar-refractivity contribution < 1.29 is 9.84 Å². The van der Waals surface area contributed by atoms with E-state index in [1.54, 1.807) is 24.3 Å². The van der Waals surface area contributed by atoms with Gasteiger partial charge in [-0.2, -0.15) is 0 Å². The van der Waals surface area contributed by atoms with Gasteiger partial charge in [0.2, 0.25) is 0 Å². The number of hydrogen-bond donors (Lipinski definition) is 2. The molecule has 0 saturated heterocycles. The number of fused-ring (bicyclic) bond motifs is 1. The van der Waals surface area contributed by atoms with Crippen LogP contribution >= 0.6 is 39.1 Å². The number of nitrogens with one attached hydrogen (secondary N) is 1. The summed E-state index contributed by atoms with van der Waals surface area (Å²) >= 11 is 15.8. The number of phenolic OH excluding ortho intramolecular Hbond substituents is 1. The highest BCUT2D eigenvalue weighted by molar-refractivity contribution is 9.10. The molecule has 0 aliphatic carbocycles. The fourth-order valence-electron chi connectivity index (χ4n) is 2.17. The van der Waals surface area contributed by atoms with E-state index in [0.717, 1.165) is 10.0 Å². The predicted octanol–water partition coefficient (Wildman–Crippen LogP) is 5.01. The Morgan fingerprint density at radius 1 is 1.20 bits per heavy atom. The number of anilines is 1. The third kappa shape index (κ3) is 2.55. The Balaban J connectivity index is 1.91. The molecule has 2 aromatic rings. The van der Waals surface area contributed by atoms with Crippen LogP contribution in [-0.2, 0) is 0 Å². The molecule has 0 spiro atoms. The maximum Gasteiger partial charge on any atom is 0.128 e. The van der Waals surface area contributed by atoms with Crippen molar-refractivity contribution in [3.8, 4) is 11.5 Å². The number of halogens is 3. The zero-order chi connectivity index (χ0) is 14.3. The Morgan fingerprint density at radius 2 is 1.90 bits per heavy atom. The van der Waals surface area contributed by atoms with Crippen LogP contribution in [0.5, 0.6) is 11.5 Å². The van der Waals surface area contributed by atoms with Gasteiger partial charge in [-0.3, -0.25) is 0 Å². The van der Waals surface area contributed by atoms with Crippen molar-refractivity contribution >= 4 is 44.8 Å². The van der Waals surface area contributed by atoms with Crippen LogP contribution in [-0.4, -0.2) is 11.7 Å². The first-order valence-electron chi connectivity index (χ1n) is 5.91. The fourth-order valence-corrected chi connectivity index (χ4v) is 3.49. The Morgan fingerprint density at radius 3 is 2.60 bits per heavy atom. The molecular formula is C14H10BrCl2NO2. The fraction of sp³-hybridized carbons (Fsp3) is 0.143. The van der Waals surface area contributed by atoms with Gasteiger partial charge in [0.1, 0.15) is 18.1 Å². The van der Waals surface area contributed by atoms with Crippen LogP contribution in [0.2, 0.25) is 10.0 Å². The molecule has 6 heteroatoms. The summed E-state index contributed by atoms with van der Waals surface area (Å²) in [6, 6.07) is 8.57. The Bertz CT molecular complexity index is 655. The topological polar surface area (TPSA) is 41.5 Å². The summed E-state index contributed by atoms with van der Waals surface area (Å²) in [6.45, 7) is 0.460. The molecule has 1 aliphatic rings. The highest BCUT2D eigenvalue weighted by Gasteiger charge is 2.25. The van der Waals surface area contributed by atoms with Gasteiger partial charge in [-0.25, -0.2) is 0 Å². The summed E-state index contributed by atoms with van der Waals surface area (Å²) in [4.78, 5) is 0. The van der Waals surface area contributed by atoms with E-state index in [9.17, 15) is 5.11 Å². The van der Waals surface area contributed by atoms with Crippen molar-refractivity contribution in [1.29, 1.82) is 0 Å². The van der Waals surface area contributed by atoms with Gasteiger partial charge in [-0.05, 0) is 24.3 Å². The van der Waals surface area contributed by atoms with Gasteiger partial charge in [0, 0.05) is 16.1 Å². The summed E-state index contributed by atoms with van der Waals surface area (Å²) in [6.07, 6.45) is 0. The number of benzene rings is 2. The van der Waals surface area contributed by atoms with E-state index in [4.69, 9.17) is 27.9 Å². The quantitative estimate of drug-likeness (QED) is 0.776. The van der Waals surface area contributed by atoms with Gasteiger partial charge in [-0.1, -0.05) is 39.1 Å². The molecule has 0 aromatic heterocycles. The van der Waals surface area contributed by atoms with E-state index in [2.05, 4.69) is 21.2 Å². The highest BCUT2D eigenvalue weighted by atomic mass is 79.9. The maximum atomic E-state index is 9.44. The second-order valence-corrected chi connectivity index (χ2v) is 6.20. The van der Waals surface area contributed by atoms with E-state index < -0.39 is 0 Å². The molecule has 1 heterocycles. The largest absolute Gasteiger partial charge is 0.508 e. The van der Waals surface area contributed by atoms with E-state index >= 15 is 0 Å². The molecule has 0 amide bonds. The van der Waals surface area contributed by atoms with E-state index in [1.165, 1.54) is 0 Å². The predicted molar refractivity (Wildman–Crippen MR) is 84.1 cm³/mol. The summed E-state index contributed by atoms with van der Waals surface area (Å²) in [5.41, 5.74) is 1.64. The first kappa shape index (κ1) is 13.9. The monoisotopic (exact) mass is 373 g/mol. The molecule has 2 aromatic carbocycles.